The van der Waals surface area contributed by atoms with E-state index in [0.29, 0.717) is 22.4 Å². The van der Waals surface area contributed by atoms with E-state index in [1.165, 1.54) is 6.07 Å². The number of hydrogen-bond acceptors (Lipinski definition) is 3. The Hall–Kier alpha value is -2.36. The normalized spacial score (nSPS) is 12.8. The summed E-state index contributed by atoms with van der Waals surface area (Å²) in [6, 6.07) is 16.1. The van der Waals surface area contributed by atoms with Gasteiger partial charge in [0.15, 0.2) is 0 Å². The second kappa shape index (κ2) is 5.93. The molecule has 1 aliphatic rings. The molecule has 0 bridgehead atoms. The Balaban J connectivity index is 2.04. The molecule has 2 heterocycles. The van der Waals surface area contributed by atoms with Crippen LogP contribution in [0.15, 0.2) is 68.8 Å². The molecular weight excluding hydrogens is 345 g/mol. The van der Waals surface area contributed by atoms with E-state index in [1.807, 2.05) is 36.4 Å². The molecule has 24 heavy (non-hydrogen) atoms. The van der Waals surface area contributed by atoms with Gasteiger partial charge in [0.05, 0.1) is 12.3 Å². The number of fused-ring (bicyclic) bond motifs is 3. The summed E-state index contributed by atoms with van der Waals surface area (Å²) in [5, 5.41) is 1.19. The molecular formula is C19H11Cl2NO2. The highest BCUT2D eigenvalue weighted by molar-refractivity contribution is 6.36. The average Bonchev–Trinajstić information content (AvgIpc) is 2.72. The van der Waals surface area contributed by atoms with Crippen LogP contribution in [0.25, 0.3) is 11.3 Å². The van der Waals surface area contributed by atoms with Gasteiger partial charge in [0.1, 0.15) is 5.76 Å². The predicted molar refractivity (Wildman–Crippen MR) is 96.2 cm³/mol. The van der Waals surface area contributed by atoms with Crippen molar-refractivity contribution in [2.75, 3.05) is 0 Å². The molecule has 0 aliphatic carbocycles. The number of benzene rings is 2. The molecule has 0 saturated carbocycles. The van der Waals surface area contributed by atoms with Crippen LogP contribution in [0, 0.1) is 0 Å². The third-order valence-electron chi connectivity index (χ3n) is 3.93. The maximum absolute atomic E-state index is 11.7. The monoisotopic (exact) mass is 355 g/mol. The highest BCUT2D eigenvalue weighted by atomic mass is 35.5. The van der Waals surface area contributed by atoms with E-state index in [9.17, 15) is 4.79 Å². The Kier molecular flexibility index (Phi) is 3.75. The number of halogens is 2. The predicted octanol–water partition coefficient (Wildman–Crippen LogP) is 4.96. The van der Waals surface area contributed by atoms with Crippen molar-refractivity contribution >= 4 is 28.9 Å². The first kappa shape index (κ1) is 15.2. The molecule has 2 aromatic carbocycles. The smallest absolute Gasteiger partial charge is 0.336 e. The minimum absolute atomic E-state index is 0.393. The fourth-order valence-corrected chi connectivity index (χ4v) is 3.24. The van der Waals surface area contributed by atoms with E-state index in [0.717, 1.165) is 28.0 Å². The topological polar surface area (TPSA) is 42.6 Å². The van der Waals surface area contributed by atoms with Crippen LogP contribution >= 0.6 is 23.2 Å². The van der Waals surface area contributed by atoms with E-state index < -0.39 is 5.63 Å². The molecule has 0 atom stereocenters. The van der Waals surface area contributed by atoms with Crippen molar-refractivity contribution in [3.63, 3.8) is 0 Å². The lowest BCUT2D eigenvalue weighted by molar-refractivity contribution is 0.520. The molecule has 4 rings (SSSR count). The molecule has 1 aromatic heterocycles. The minimum Gasteiger partial charge on any atom is -0.422 e. The summed E-state index contributed by atoms with van der Waals surface area (Å²) < 4.78 is 5.46. The number of aliphatic imine (C=N–C) groups is 1. The quantitative estimate of drug-likeness (QED) is 0.618. The van der Waals surface area contributed by atoms with Gasteiger partial charge in [-0.15, -0.1) is 0 Å². The zero-order chi connectivity index (χ0) is 16.7. The average molecular weight is 356 g/mol. The first-order valence-corrected chi connectivity index (χ1v) is 8.12. The lowest BCUT2D eigenvalue weighted by Crippen LogP contribution is -2.05. The van der Waals surface area contributed by atoms with E-state index in [-0.39, 0.29) is 0 Å². The molecule has 0 unspecified atom stereocenters. The minimum atomic E-state index is -0.393. The fraction of sp³-hybridized carbons (Fsp3) is 0.0526. The maximum Gasteiger partial charge on any atom is 0.336 e. The van der Waals surface area contributed by atoms with E-state index in [1.54, 1.807) is 12.1 Å². The van der Waals surface area contributed by atoms with Crippen molar-refractivity contribution < 1.29 is 4.42 Å². The van der Waals surface area contributed by atoms with Crippen molar-refractivity contribution in [2.45, 2.75) is 6.54 Å². The molecule has 0 saturated heterocycles. The summed E-state index contributed by atoms with van der Waals surface area (Å²) in [5.74, 6) is 0.528. The molecule has 0 fully saturated rings. The van der Waals surface area contributed by atoms with Crippen LogP contribution < -0.4 is 5.63 Å². The third kappa shape index (κ3) is 2.56. The molecule has 0 amide bonds. The standard InChI is InChI=1S/C19H11Cl2NO2/c20-12-6-7-13-15(9-12)18(14-3-1-2-4-16(14)21)22-10-11-5-8-17(23)24-19(11)13/h1-9H,10H2. The van der Waals surface area contributed by atoms with Crippen LogP contribution in [0.4, 0.5) is 0 Å². The van der Waals surface area contributed by atoms with Gasteiger partial charge < -0.3 is 4.42 Å². The molecule has 3 nitrogen and oxygen atoms in total. The molecule has 1 aliphatic heterocycles. The van der Waals surface area contributed by atoms with Crippen LogP contribution in [-0.4, -0.2) is 5.71 Å². The van der Waals surface area contributed by atoms with E-state index in [2.05, 4.69) is 0 Å². The zero-order valence-electron chi connectivity index (χ0n) is 12.4. The maximum atomic E-state index is 11.7. The van der Waals surface area contributed by atoms with E-state index >= 15 is 0 Å². The van der Waals surface area contributed by atoms with Crippen LogP contribution in [0.1, 0.15) is 16.7 Å². The first-order valence-electron chi connectivity index (χ1n) is 7.36. The summed E-state index contributed by atoms with van der Waals surface area (Å²) in [6.07, 6.45) is 0. The summed E-state index contributed by atoms with van der Waals surface area (Å²) in [4.78, 5) is 16.4. The van der Waals surface area contributed by atoms with Crippen molar-refractivity contribution in [1.29, 1.82) is 0 Å². The van der Waals surface area contributed by atoms with Gasteiger partial charge in [0, 0.05) is 38.4 Å². The lowest BCUT2D eigenvalue weighted by Gasteiger charge is -2.12. The van der Waals surface area contributed by atoms with Crippen LogP contribution in [-0.2, 0) is 6.54 Å². The SMILES string of the molecule is O=c1ccc2c(o1)-c1ccc(Cl)cc1C(c1ccccc1Cl)=NC2. The van der Waals surface area contributed by atoms with Crippen LogP contribution in [0.2, 0.25) is 10.0 Å². The van der Waals surface area contributed by atoms with Crippen molar-refractivity contribution in [3.05, 3.63) is 91.8 Å². The highest BCUT2D eigenvalue weighted by Crippen LogP contribution is 2.34. The van der Waals surface area contributed by atoms with Gasteiger partial charge in [-0.3, -0.25) is 4.99 Å². The van der Waals surface area contributed by atoms with Gasteiger partial charge in [-0.25, -0.2) is 4.79 Å². The Morgan fingerprint density at radius 3 is 2.58 bits per heavy atom. The Morgan fingerprint density at radius 2 is 1.75 bits per heavy atom. The number of nitrogens with zero attached hydrogens (tertiary/aromatic N) is 1. The fourth-order valence-electron chi connectivity index (χ4n) is 2.84. The van der Waals surface area contributed by atoms with Gasteiger partial charge in [0.25, 0.3) is 0 Å². The lowest BCUT2D eigenvalue weighted by atomic mass is 9.96. The summed E-state index contributed by atoms with van der Waals surface area (Å²) in [6.45, 7) is 0.395. The third-order valence-corrected chi connectivity index (χ3v) is 4.50. The van der Waals surface area contributed by atoms with Gasteiger partial charge in [-0.2, -0.15) is 0 Å². The Bertz CT molecular complexity index is 1040. The summed E-state index contributed by atoms with van der Waals surface area (Å²) in [7, 11) is 0. The molecule has 0 N–H and O–H groups in total. The summed E-state index contributed by atoms with van der Waals surface area (Å²) in [5.41, 5.74) is 3.58. The largest absolute Gasteiger partial charge is 0.422 e. The van der Waals surface area contributed by atoms with Crippen LogP contribution in [0.5, 0.6) is 0 Å². The van der Waals surface area contributed by atoms with Crippen molar-refractivity contribution in [2.24, 2.45) is 4.99 Å². The first-order chi connectivity index (χ1) is 11.6. The molecule has 0 radical (unpaired) electrons. The molecule has 3 aromatic rings. The Labute approximate surface area is 148 Å². The van der Waals surface area contributed by atoms with Gasteiger partial charge >= 0.3 is 5.63 Å². The molecule has 118 valence electrons. The Morgan fingerprint density at radius 1 is 0.917 bits per heavy atom. The second-order valence-electron chi connectivity index (χ2n) is 5.44. The zero-order valence-corrected chi connectivity index (χ0v) is 13.9. The van der Waals surface area contributed by atoms with Gasteiger partial charge in [-0.05, 0) is 30.3 Å². The van der Waals surface area contributed by atoms with Gasteiger partial charge in [0.2, 0.25) is 0 Å². The van der Waals surface area contributed by atoms with Crippen molar-refractivity contribution in [3.8, 4) is 11.3 Å². The number of hydrogen-bond donors (Lipinski definition) is 0. The highest BCUT2D eigenvalue weighted by Gasteiger charge is 2.22. The molecule has 0 spiro atoms. The number of rotatable bonds is 1. The van der Waals surface area contributed by atoms with Crippen LogP contribution in [0.3, 0.4) is 0 Å². The van der Waals surface area contributed by atoms with Gasteiger partial charge in [-0.1, -0.05) is 41.4 Å². The summed E-state index contributed by atoms with van der Waals surface area (Å²) >= 11 is 12.6. The molecule has 5 heteroatoms. The van der Waals surface area contributed by atoms with E-state index in [4.69, 9.17) is 32.6 Å². The second-order valence-corrected chi connectivity index (χ2v) is 6.29. The van der Waals surface area contributed by atoms with Crippen molar-refractivity contribution in [1.82, 2.24) is 0 Å².